The number of hydrogen-bond acceptors (Lipinski definition) is 4. The second-order valence-electron chi connectivity index (χ2n) is 4.58. The number of nitrogens with zero attached hydrogens (tertiary/aromatic N) is 1. The Morgan fingerprint density at radius 3 is 2.65 bits per heavy atom. The van der Waals surface area contributed by atoms with Gasteiger partial charge in [0.15, 0.2) is 5.82 Å². The van der Waals surface area contributed by atoms with Crippen molar-refractivity contribution >= 4 is 17.2 Å². The van der Waals surface area contributed by atoms with Gasteiger partial charge in [0.05, 0.1) is 23.2 Å². The van der Waals surface area contributed by atoms with E-state index in [4.69, 9.17) is 10.5 Å². The average molecular weight is 285 g/mol. The van der Waals surface area contributed by atoms with Gasteiger partial charge in [-0.05, 0) is 12.5 Å². The molecule has 0 unspecified atom stereocenters. The highest BCUT2D eigenvalue weighted by Gasteiger charge is 2.16. The summed E-state index contributed by atoms with van der Waals surface area (Å²) < 4.78 is 5.23. The largest absolute Gasteiger partial charge is 0.496 e. The SMILES string of the molecule is COc1csc(-c2[nH]nc(N)c2-c2ccc(C)cc2)c1. The molecule has 2 heterocycles. The Morgan fingerprint density at radius 1 is 1.25 bits per heavy atom. The molecule has 3 aromatic rings. The highest BCUT2D eigenvalue weighted by Crippen LogP contribution is 2.38. The number of H-pyrrole nitrogens is 1. The molecule has 0 amide bonds. The third-order valence-corrected chi connectivity index (χ3v) is 4.12. The maximum absolute atomic E-state index is 6.02. The van der Waals surface area contributed by atoms with Crippen molar-refractivity contribution in [1.29, 1.82) is 0 Å². The van der Waals surface area contributed by atoms with Gasteiger partial charge in [0, 0.05) is 11.4 Å². The van der Waals surface area contributed by atoms with Gasteiger partial charge in [-0.15, -0.1) is 11.3 Å². The van der Waals surface area contributed by atoms with Gasteiger partial charge in [0.1, 0.15) is 5.75 Å². The minimum Gasteiger partial charge on any atom is -0.496 e. The van der Waals surface area contributed by atoms with Crippen LogP contribution in [0.4, 0.5) is 5.82 Å². The van der Waals surface area contributed by atoms with Gasteiger partial charge in [0.25, 0.3) is 0 Å². The molecule has 0 atom stereocenters. The molecule has 3 rings (SSSR count). The number of aromatic nitrogens is 2. The predicted octanol–water partition coefficient (Wildman–Crippen LogP) is 3.70. The number of nitrogens with two attached hydrogens (primary N) is 1. The molecule has 0 bridgehead atoms. The summed E-state index contributed by atoms with van der Waals surface area (Å²) in [5.74, 6) is 1.35. The van der Waals surface area contributed by atoms with Crippen LogP contribution in [0.3, 0.4) is 0 Å². The second-order valence-corrected chi connectivity index (χ2v) is 5.49. The monoisotopic (exact) mass is 285 g/mol. The molecule has 0 aliphatic heterocycles. The standard InChI is InChI=1S/C15H15N3OS/c1-9-3-5-10(6-4-9)13-14(17-18-15(13)16)12-7-11(19-2)8-20-12/h3-8H,1-2H3,(H3,16,17,18). The Bertz CT molecular complexity index is 728. The number of benzene rings is 1. The van der Waals surface area contributed by atoms with Gasteiger partial charge in [-0.1, -0.05) is 29.8 Å². The second kappa shape index (κ2) is 5.02. The van der Waals surface area contributed by atoms with E-state index >= 15 is 0 Å². The summed E-state index contributed by atoms with van der Waals surface area (Å²) in [4.78, 5) is 1.06. The Balaban J connectivity index is 2.11. The van der Waals surface area contributed by atoms with Crippen molar-refractivity contribution in [1.82, 2.24) is 10.2 Å². The summed E-state index contributed by atoms with van der Waals surface area (Å²) >= 11 is 1.60. The third-order valence-electron chi connectivity index (χ3n) is 3.19. The number of methoxy groups -OCH3 is 1. The Labute approximate surface area is 121 Å². The van der Waals surface area contributed by atoms with Gasteiger partial charge in [-0.25, -0.2) is 0 Å². The zero-order chi connectivity index (χ0) is 14.1. The number of ether oxygens (including phenoxy) is 1. The molecule has 0 aliphatic rings. The molecule has 4 nitrogen and oxygen atoms in total. The van der Waals surface area contributed by atoms with Crippen LogP contribution in [0.5, 0.6) is 5.75 Å². The van der Waals surface area contributed by atoms with Crippen molar-refractivity contribution in [2.75, 3.05) is 12.8 Å². The van der Waals surface area contributed by atoms with E-state index < -0.39 is 0 Å². The van der Waals surface area contributed by atoms with Crippen molar-refractivity contribution in [2.24, 2.45) is 0 Å². The number of rotatable bonds is 3. The number of nitrogen functional groups attached to an aromatic ring is 1. The van der Waals surface area contributed by atoms with Crippen LogP contribution < -0.4 is 10.5 Å². The van der Waals surface area contributed by atoms with Crippen LogP contribution in [-0.2, 0) is 0 Å². The minimum atomic E-state index is 0.510. The predicted molar refractivity (Wildman–Crippen MR) is 83.0 cm³/mol. The van der Waals surface area contributed by atoms with Gasteiger partial charge in [-0.3, -0.25) is 5.10 Å². The van der Waals surface area contributed by atoms with Gasteiger partial charge < -0.3 is 10.5 Å². The summed E-state index contributed by atoms with van der Waals surface area (Å²) in [5.41, 5.74) is 10.2. The molecule has 102 valence electrons. The van der Waals surface area contributed by atoms with Crippen molar-refractivity contribution < 1.29 is 4.74 Å². The molecule has 0 saturated carbocycles. The molecular weight excluding hydrogens is 270 g/mol. The normalized spacial score (nSPS) is 10.7. The first-order valence-electron chi connectivity index (χ1n) is 6.23. The van der Waals surface area contributed by atoms with E-state index in [1.165, 1.54) is 5.56 Å². The van der Waals surface area contributed by atoms with E-state index in [0.717, 1.165) is 27.4 Å². The first-order valence-corrected chi connectivity index (χ1v) is 7.11. The molecule has 0 saturated heterocycles. The lowest BCUT2D eigenvalue weighted by atomic mass is 10.0. The number of aromatic amines is 1. The zero-order valence-corrected chi connectivity index (χ0v) is 12.1. The molecular formula is C15H15N3OS. The van der Waals surface area contributed by atoms with E-state index in [1.807, 2.05) is 11.4 Å². The molecule has 0 spiro atoms. The fourth-order valence-electron chi connectivity index (χ4n) is 2.10. The Morgan fingerprint density at radius 2 is 2.00 bits per heavy atom. The summed E-state index contributed by atoms with van der Waals surface area (Å²) in [6.45, 7) is 2.06. The van der Waals surface area contributed by atoms with Crippen LogP contribution in [0.15, 0.2) is 35.7 Å². The number of nitrogens with one attached hydrogen (secondary N) is 1. The van der Waals surface area contributed by atoms with Crippen LogP contribution in [0.2, 0.25) is 0 Å². The maximum Gasteiger partial charge on any atom is 0.153 e. The van der Waals surface area contributed by atoms with Gasteiger partial charge in [-0.2, -0.15) is 5.10 Å². The molecule has 0 aliphatic carbocycles. The van der Waals surface area contributed by atoms with Crippen molar-refractivity contribution in [2.45, 2.75) is 6.92 Å². The van der Waals surface area contributed by atoms with Crippen LogP contribution in [0.1, 0.15) is 5.56 Å². The lowest BCUT2D eigenvalue weighted by Gasteiger charge is -2.03. The van der Waals surface area contributed by atoms with Gasteiger partial charge in [0.2, 0.25) is 0 Å². The van der Waals surface area contributed by atoms with Crippen LogP contribution >= 0.6 is 11.3 Å². The summed E-state index contributed by atoms with van der Waals surface area (Å²) in [6, 6.07) is 10.2. The lowest BCUT2D eigenvalue weighted by Crippen LogP contribution is -1.88. The molecule has 3 N–H and O–H groups in total. The highest BCUT2D eigenvalue weighted by molar-refractivity contribution is 7.13. The number of hydrogen-bond donors (Lipinski definition) is 2. The minimum absolute atomic E-state index is 0.510. The fourth-order valence-corrected chi connectivity index (χ4v) is 2.96. The number of thiophene rings is 1. The first kappa shape index (κ1) is 12.7. The quantitative estimate of drug-likeness (QED) is 0.771. The number of anilines is 1. The van der Waals surface area contributed by atoms with E-state index in [0.29, 0.717) is 5.82 Å². The number of aryl methyl sites for hydroxylation is 1. The smallest absolute Gasteiger partial charge is 0.153 e. The van der Waals surface area contributed by atoms with E-state index in [-0.39, 0.29) is 0 Å². The van der Waals surface area contributed by atoms with E-state index in [9.17, 15) is 0 Å². The molecule has 0 fully saturated rings. The molecule has 1 aromatic carbocycles. The Hall–Kier alpha value is -2.27. The summed E-state index contributed by atoms with van der Waals surface area (Å²) in [5, 5.41) is 9.13. The van der Waals surface area contributed by atoms with Crippen molar-refractivity contribution in [3.05, 3.63) is 41.3 Å². The summed E-state index contributed by atoms with van der Waals surface area (Å²) in [7, 11) is 1.66. The molecule has 20 heavy (non-hydrogen) atoms. The topological polar surface area (TPSA) is 63.9 Å². The van der Waals surface area contributed by atoms with Gasteiger partial charge >= 0.3 is 0 Å². The fraction of sp³-hybridized carbons (Fsp3) is 0.133. The van der Waals surface area contributed by atoms with Crippen LogP contribution in [0, 0.1) is 6.92 Å². The zero-order valence-electron chi connectivity index (χ0n) is 11.3. The van der Waals surface area contributed by atoms with Crippen LogP contribution in [0.25, 0.3) is 21.7 Å². The van der Waals surface area contributed by atoms with Crippen LogP contribution in [-0.4, -0.2) is 17.3 Å². The van der Waals surface area contributed by atoms with Crippen molar-refractivity contribution in [3.8, 4) is 27.4 Å². The average Bonchev–Trinajstić information content (AvgIpc) is 3.06. The highest BCUT2D eigenvalue weighted by atomic mass is 32.1. The Kier molecular flexibility index (Phi) is 3.20. The summed E-state index contributed by atoms with van der Waals surface area (Å²) in [6.07, 6.45) is 0. The van der Waals surface area contributed by atoms with E-state index in [1.54, 1.807) is 18.4 Å². The first-order chi connectivity index (χ1) is 9.69. The van der Waals surface area contributed by atoms with Crippen molar-refractivity contribution in [3.63, 3.8) is 0 Å². The van der Waals surface area contributed by atoms with E-state index in [2.05, 4.69) is 41.4 Å². The third kappa shape index (κ3) is 2.16. The molecule has 0 radical (unpaired) electrons. The maximum atomic E-state index is 6.02. The lowest BCUT2D eigenvalue weighted by molar-refractivity contribution is 0.417. The molecule has 2 aromatic heterocycles. The molecule has 5 heteroatoms.